The van der Waals surface area contributed by atoms with Crippen LogP contribution in [0.15, 0.2) is 0 Å². The highest BCUT2D eigenvalue weighted by molar-refractivity contribution is 5.91. The van der Waals surface area contributed by atoms with E-state index in [4.69, 9.17) is 5.73 Å². The summed E-state index contributed by atoms with van der Waals surface area (Å²) in [7, 11) is 1.56. The second-order valence-corrected chi connectivity index (χ2v) is 5.70. The van der Waals surface area contributed by atoms with E-state index in [2.05, 4.69) is 10.6 Å². The second-order valence-electron chi connectivity index (χ2n) is 5.70. The van der Waals surface area contributed by atoms with Crippen molar-refractivity contribution >= 4 is 17.7 Å². The van der Waals surface area contributed by atoms with Gasteiger partial charge in [-0.15, -0.1) is 0 Å². The van der Waals surface area contributed by atoms with Crippen LogP contribution < -0.4 is 16.4 Å². The van der Waals surface area contributed by atoms with Crippen LogP contribution in [0.3, 0.4) is 0 Å². The molecule has 0 saturated carbocycles. The third-order valence-electron chi connectivity index (χ3n) is 3.81. The summed E-state index contributed by atoms with van der Waals surface area (Å²) in [6, 6.07) is -1.07. The zero-order chi connectivity index (χ0) is 16.0. The van der Waals surface area contributed by atoms with Crippen molar-refractivity contribution in [2.75, 3.05) is 20.1 Å². The number of carbonyl (C=O) groups is 3. The summed E-state index contributed by atoms with van der Waals surface area (Å²) in [5.41, 5.74) is 5.72. The van der Waals surface area contributed by atoms with E-state index >= 15 is 0 Å². The number of piperidine rings is 1. The van der Waals surface area contributed by atoms with Crippen molar-refractivity contribution in [3.05, 3.63) is 0 Å². The minimum atomic E-state index is -0.631. The molecule has 7 nitrogen and oxygen atoms in total. The molecule has 0 spiro atoms. The normalized spacial score (nSPS) is 20.0. The van der Waals surface area contributed by atoms with Gasteiger partial charge in [-0.05, 0) is 25.2 Å². The van der Waals surface area contributed by atoms with Gasteiger partial charge in [-0.3, -0.25) is 14.4 Å². The lowest BCUT2D eigenvalue weighted by molar-refractivity contribution is -0.142. The third kappa shape index (κ3) is 4.70. The number of rotatable bonds is 5. The Bertz CT molecular complexity index is 398. The van der Waals surface area contributed by atoms with Gasteiger partial charge in [0, 0.05) is 13.6 Å². The molecule has 1 heterocycles. The Morgan fingerprint density at radius 1 is 1.29 bits per heavy atom. The Morgan fingerprint density at radius 3 is 2.52 bits per heavy atom. The Kier molecular flexibility index (Phi) is 6.61. The first-order valence-electron chi connectivity index (χ1n) is 7.42. The van der Waals surface area contributed by atoms with Gasteiger partial charge < -0.3 is 21.3 Å². The van der Waals surface area contributed by atoms with Crippen LogP contribution in [0.1, 0.15) is 33.1 Å². The molecule has 0 aromatic heterocycles. The molecule has 2 atom stereocenters. The van der Waals surface area contributed by atoms with Crippen molar-refractivity contribution in [1.82, 2.24) is 15.5 Å². The van der Waals surface area contributed by atoms with Crippen LogP contribution in [0.4, 0.5) is 0 Å². The summed E-state index contributed by atoms with van der Waals surface area (Å²) in [5, 5.41) is 5.13. The van der Waals surface area contributed by atoms with Crippen molar-refractivity contribution in [3.63, 3.8) is 0 Å². The number of nitrogens with zero attached hydrogens (tertiary/aromatic N) is 1. The molecule has 0 aromatic carbocycles. The summed E-state index contributed by atoms with van der Waals surface area (Å²) < 4.78 is 0. The van der Waals surface area contributed by atoms with Crippen LogP contribution in [-0.4, -0.2) is 54.8 Å². The Hall–Kier alpha value is -1.63. The van der Waals surface area contributed by atoms with Gasteiger partial charge in [0.05, 0.1) is 12.6 Å². The quantitative estimate of drug-likeness (QED) is 0.619. The van der Waals surface area contributed by atoms with Gasteiger partial charge in [0.2, 0.25) is 17.7 Å². The molecule has 1 aliphatic heterocycles. The number of carbonyl (C=O) groups excluding carboxylic acids is 3. The molecule has 1 aliphatic rings. The number of likely N-dealkylation sites (tertiary alicyclic amines) is 1. The predicted molar refractivity (Wildman–Crippen MR) is 79.2 cm³/mol. The van der Waals surface area contributed by atoms with E-state index in [9.17, 15) is 14.4 Å². The molecule has 7 heteroatoms. The van der Waals surface area contributed by atoms with Crippen LogP contribution in [-0.2, 0) is 14.4 Å². The van der Waals surface area contributed by atoms with E-state index in [1.165, 1.54) is 0 Å². The second kappa shape index (κ2) is 7.97. The minimum Gasteiger partial charge on any atom is -0.357 e. The molecule has 21 heavy (non-hydrogen) atoms. The number of hydrogen-bond donors (Lipinski definition) is 3. The van der Waals surface area contributed by atoms with Crippen LogP contribution in [0.5, 0.6) is 0 Å². The molecule has 1 rings (SSSR count). The first-order chi connectivity index (χ1) is 9.88. The molecule has 1 unspecified atom stereocenters. The lowest BCUT2D eigenvalue weighted by Gasteiger charge is -2.34. The van der Waals surface area contributed by atoms with Crippen molar-refractivity contribution in [3.8, 4) is 0 Å². The fourth-order valence-electron chi connectivity index (χ4n) is 2.35. The molecule has 0 aromatic rings. The average Bonchev–Trinajstić information content (AvgIpc) is 2.50. The topological polar surface area (TPSA) is 105 Å². The number of nitrogens with one attached hydrogen (secondary N) is 2. The summed E-state index contributed by atoms with van der Waals surface area (Å²) >= 11 is 0. The number of likely N-dealkylation sites (N-methyl/N-ethyl adjacent to an activating group) is 1. The summed E-state index contributed by atoms with van der Waals surface area (Å²) in [6.45, 7) is 4.12. The first-order valence-corrected chi connectivity index (χ1v) is 7.42. The fourth-order valence-corrected chi connectivity index (χ4v) is 2.35. The molecule has 0 radical (unpaired) electrons. The summed E-state index contributed by atoms with van der Waals surface area (Å²) in [5.74, 6) is -0.735. The third-order valence-corrected chi connectivity index (χ3v) is 3.81. The maximum atomic E-state index is 12.2. The minimum absolute atomic E-state index is 0.00806. The van der Waals surface area contributed by atoms with Gasteiger partial charge >= 0.3 is 0 Å². The molecule has 0 bridgehead atoms. The van der Waals surface area contributed by atoms with Crippen molar-refractivity contribution < 1.29 is 14.4 Å². The fraction of sp³-hybridized carbons (Fsp3) is 0.786. The lowest BCUT2D eigenvalue weighted by Crippen LogP contribution is -2.54. The molecular weight excluding hydrogens is 272 g/mol. The van der Waals surface area contributed by atoms with E-state index in [-0.39, 0.29) is 30.2 Å². The molecule has 3 amide bonds. The number of hydrogen-bond acceptors (Lipinski definition) is 4. The van der Waals surface area contributed by atoms with E-state index in [0.717, 1.165) is 12.8 Å². The van der Waals surface area contributed by atoms with Gasteiger partial charge in [-0.25, -0.2) is 0 Å². The predicted octanol–water partition coefficient (Wildman–Crippen LogP) is -0.787. The van der Waals surface area contributed by atoms with E-state index < -0.39 is 12.1 Å². The molecule has 1 fully saturated rings. The highest BCUT2D eigenvalue weighted by atomic mass is 16.2. The Balaban J connectivity index is 2.56. The van der Waals surface area contributed by atoms with Gasteiger partial charge in [-0.1, -0.05) is 13.8 Å². The number of nitrogens with two attached hydrogens (primary N) is 1. The zero-order valence-corrected chi connectivity index (χ0v) is 13.0. The molecule has 4 N–H and O–H groups in total. The van der Waals surface area contributed by atoms with Crippen LogP contribution in [0.25, 0.3) is 0 Å². The zero-order valence-electron chi connectivity index (χ0n) is 13.0. The highest BCUT2D eigenvalue weighted by Crippen LogP contribution is 2.17. The Morgan fingerprint density at radius 2 is 1.95 bits per heavy atom. The summed E-state index contributed by atoms with van der Waals surface area (Å²) in [4.78, 5) is 37.3. The van der Waals surface area contributed by atoms with Crippen molar-refractivity contribution in [2.24, 2.45) is 11.7 Å². The van der Waals surface area contributed by atoms with E-state index in [0.29, 0.717) is 13.0 Å². The molecule has 120 valence electrons. The number of amides is 3. The Labute approximate surface area is 125 Å². The lowest BCUT2D eigenvalue weighted by atomic mass is 10.0. The molecule has 0 aliphatic carbocycles. The van der Waals surface area contributed by atoms with E-state index in [1.807, 2.05) is 13.8 Å². The molecule has 1 saturated heterocycles. The maximum absolute atomic E-state index is 12.2. The SMILES string of the molecule is CNC(=O)C1CCCCN1C(=O)CNC(=O)[C@@H](N)C(C)C. The van der Waals surface area contributed by atoms with Gasteiger partial charge in [0.15, 0.2) is 0 Å². The van der Waals surface area contributed by atoms with Crippen molar-refractivity contribution in [1.29, 1.82) is 0 Å². The average molecular weight is 298 g/mol. The van der Waals surface area contributed by atoms with Crippen molar-refractivity contribution in [2.45, 2.75) is 45.2 Å². The van der Waals surface area contributed by atoms with Gasteiger partial charge in [0.25, 0.3) is 0 Å². The van der Waals surface area contributed by atoms with Crippen LogP contribution in [0.2, 0.25) is 0 Å². The van der Waals surface area contributed by atoms with Crippen LogP contribution >= 0.6 is 0 Å². The summed E-state index contributed by atoms with van der Waals surface area (Å²) in [6.07, 6.45) is 2.45. The van der Waals surface area contributed by atoms with Gasteiger partial charge in [-0.2, -0.15) is 0 Å². The smallest absolute Gasteiger partial charge is 0.242 e. The highest BCUT2D eigenvalue weighted by Gasteiger charge is 2.31. The van der Waals surface area contributed by atoms with Crippen LogP contribution in [0, 0.1) is 5.92 Å². The largest absolute Gasteiger partial charge is 0.357 e. The molecular formula is C14H26N4O3. The monoisotopic (exact) mass is 298 g/mol. The van der Waals surface area contributed by atoms with E-state index in [1.54, 1.807) is 11.9 Å². The standard InChI is InChI=1S/C14H26N4O3/c1-9(2)12(15)14(21)17-8-11(19)18-7-5-4-6-10(18)13(20)16-3/h9-10,12H,4-8,15H2,1-3H3,(H,16,20)(H,17,21)/t10?,12-/m0/s1. The maximum Gasteiger partial charge on any atom is 0.242 e. The first kappa shape index (κ1) is 17.4. The van der Waals surface area contributed by atoms with Gasteiger partial charge in [0.1, 0.15) is 6.04 Å².